The molecule has 0 bridgehead atoms. The maximum absolute atomic E-state index is 15.0. The fourth-order valence-electron chi connectivity index (χ4n) is 11.5. The number of nitrogens with zero attached hydrogens (tertiary/aromatic N) is 1. The summed E-state index contributed by atoms with van der Waals surface area (Å²) < 4.78 is 26.5. The van der Waals surface area contributed by atoms with Crippen LogP contribution in [0.1, 0.15) is 206 Å². The van der Waals surface area contributed by atoms with Crippen molar-refractivity contribution >= 4 is 17.9 Å². The van der Waals surface area contributed by atoms with Crippen LogP contribution in [0.3, 0.4) is 0 Å². The van der Waals surface area contributed by atoms with E-state index in [-0.39, 0.29) is 29.1 Å². The Morgan fingerprint density at radius 1 is 0.645 bits per heavy atom. The van der Waals surface area contributed by atoms with Crippen LogP contribution < -0.4 is 0 Å². The number of carbonyl (C=O) groups excluding carboxylic acids is 3. The first kappa shape index (κ1) is 48.2. The number of unbranched alkanes of at least 4 members (excludes halogenated alkanes) is 17. The van der Waals surface area contributed by atoms with Crippen molar-refractivity contribution in [2.75, 3.05) is 13.1 Å². The van der Waals surface area contributed by atoms with E-state index < -0.39 is 17.9 Å². The number of rotatable bonds is 30. The van der Waals surface area contributed by atoms with Crippen molar-refractivity contribution in [1.29, 1.82) is 0 Å². The van der Waals surface area contributed by atoms with Crippen LogP contribution in [-0.2, 0) is 38.9 Å². The Hall–Kier alpha value is -3.23. The summed E-state index contributed by atoms with van der Waals surface area (Å²) in [5.74, 6) is -0.729. The highest BCUT2D eigenvalue weighted by Gasteiger charge is 2.93. The van der Waals surface area contributed by atoms with E-state index in [0.717, 1.165) is 57.8 Å². The summed E-state index contributed by atoms with van der Waals surface area (Å²) >= 11 is 0. The van der Waals surface area contributed by atoms with Gasteiger partial charge in [-0.05, 0) is 51.2 Å². The van der Waals surface area contributed by atoms with Crippen molar-refractivity contribution in [1.82, 2.24) is 0 Å². The number of fused-ring (bicyclic) bond motifs is 2. The summed E-state index contributed by atoms with van der Waals surface area (Å²) in [6.45, 7) is 10.5. The highest BCUT2D eigenvalue weighted by Crippen LogP contribution is 2.78. The SMILES string of the molecule is CCCCCC(OC(=O)CCCCCCCCCCCCCCCCCCC(=O)OC(C)(C)C)OC(C(=O)OC1CC2C13CC3[N+]21CCCC1)(c1ccccc1)c1ccccc1. The van der Waals surface area contributed by atoms with Gasteiger partial charge in [-0.1, -0.05) is 170 Å². The number of carbonyl (C=O) groups is 3. The van der Waals surface area contributed by atoms with Gasteiger partial charge in [0.25, 0.3) is 0 Å². The van der Waals surface area contributed by atoms with E-state index >= 15 is 0 Å². The van der Waals surface area contributed by atoms with Crippen LogP contribution in [0.5, 0.6) is 0 Å². The largest absolute Gasteiger partial charge is 0.460 e. The van der Waals surface area contributed by atoms with Crippen molar-refractivity contribution in [3.05, 3.63) is 71.8 Å². The number of esters is 3. The fourth-order valence-corrected chi connectivity index (χ4v) is 11.5. The first-order valence-corrected chi connectivity index (χ1v) is 25.3. The quantitative estimate of drug-likeness (QED) is 0.0254. The second kappa shape index (κ2) is 23.1. The molecular formula is C54H82NO7+. The van der Waals surface area contributed by atoms with Gasteiger partial charge in [0.05, 0.1) is 13.1 Å². The molecule has 6 rings (SSSR count). The molecule has 0 radical (unpaired) electrons. The van der Waals surface area contributed by atoms with Gasteiger partial charge in [0.15, 0.2) is 0 Å². The standard InChI is InChI=1S/C54H82NO7/c1-5-6-23-38-50(60-48(56)36-28-19-17-15-13-11-9-7-8-10-12-14-16-18-20-29-37-49(57)61-52(2,3)4)62-54(43-32-24-21-25-33-43,44-34-26-22-27-35-44)51(58)59-47-41-45-53(47)42-46(53)55(45)39-30-31-40-55/h21-22,24-27,32-35,45-47,50H,5-20,23,28-31,36-42H2,1-4H3/q+1. The fraction of sp³-hybridized carbons (Fsp3) is 0.722. The lowest BCUT2D eigenvalue weighted by Gasteiger charge is -2.63. The summed E-state index contributed by atoms with van der Waals surface area (Å²) in [5, 5.41) is 0. The maximum atomic E-state index is 15.0. The Balaban J connectivity index is 0.903. The van der Waals surface area contributed by atoms with E-state index in [4.69, 9.17) is 18.9 Å². The Kier molecular flexibility index (Phi) is 18.0. The van der Waals surface area contributed by atoms with Gasteiger partial charge in [0, 0.05) is 44.9 Å². The molecule has 2 aliphatic carbocycles. The van der Waals surface area contributed by atoms with Crippen LogP contribution in [0.25, 0.3) is 0 Å². The van der Waals surface area contributed by atoms with Gasteiger partial charge >= 0.3 is 17.9 Å². The second-order valence-corrected chi connectivity index (χ2v) is 20.4. The molecule has 5 atom stereocenters. The van der Waals surface area contributed by atoms with E-state index in [2.05, 4.69) is 6.92 Å². The zero-order valence-electron chi connectivity index (χ0n) is 39.2. The summed E-state index contributed by atoms with van der Waals surface area (Å²) in [7, 11) is 0. The van der Waals surface area contributed by atoms with Crippen LogP contribution >= 0.6 is 0 Å². The third kappa shape index (κ3) is 12.1. The molecule has 2 heterocycles. The Bertz CT molecular complexity index is 1630. The monoisotopic (exact) mass is 857 g/mol. The maximum Gasteiger partial charge on any atom is 0.348 e. The Labute approximate surface area is 375 Å². The molecule has 2 saturated carbocycles. The molecule has 2 saturated heterocycles. The third-order valence-electron chi connectivity index (χ3n) is 14.7. The van der Waals surface area contributed by atoms with Gasteiger partial charge in [-0.25, -0.2) is 4.79 Å². The molecular weight excluding hydrogens is 775 g/mol. The molecule has 2 aromatic rings. The van der Waals surface area contributed by atoms with Crippen molar-refractivity contribution < 1.29 is 37.8 Å². The number of benzene rings is 2. The van der Waals surface area contributed by atoms with E-state index in [1.54, 1.807) is 0 Å². The molecule has 8 heteroatoms. The number of ether oxygens (including phenoxy) is 4. The molecule has 0 N–H and O–H groups in total. The number of hydrogen-bond acceptors (Lipinski definition) is 7. The minimum Gasteiger partial charge on any atom is -0.460 e. The summed E-state index contributed by atoms with van der Waals surface area (Å²) in [5.41, 5.74) is -0.407. The molecule has 4 fully saturated rings. The molecule has 2 aromatic carbocycles. The van der Waals surface area contributed by atoms with Crippen LogP contribution in [0, 0.1) is 5.41 Å². The lowest BCUT2D eigenvalue weighted by Crippen LogP contribution is -2.79. The van der Waals surface area contributed by atoms with Gasteiger partial charge in [0.1, 0.15) is 29.2 Å². The van der Waals surface area contributed by atoms with E-state index in [0.29, 0.717) is 42.5 Å². The number of piperidine rings is 1. The molecule has 5 unspecified atom stereocenters. The summed E-state index contributed by atoms with van der Waals surface area (Å²) in [4.78, 5) is 40.3. The predicted octanol–water partition coefficient (Wildman–Crippen LogP) is 12.8. The lowest BCUT2D eigenvalue weighted by molar-refractivity contribution is -1.01. The van der Waals surface area contributed by atoms with Crippen molar-refractivity contribution in [3.8, 4) is 0 Å². The van der Waals surface area contributed by atoms with Crippen molar-refractivity contribution in [2.45, 2.75) is 230 Å². The molecule has 344 valence electrons. The minimum atomic E-state index is -1.57. The molecule has 2 spiro atoms. The van der Waals surface area contributed by atoms with Gasteiger partial charge in [-0.2, -0.15) is 0 Å². The second-order valence-electron chi connectivity index (χ2n) is 20.4. The van der Waals surface area contributed by atoms with Gasteiger partial charge in [-0.3, -0.25) is 9.59 Å². The van der Waals surface area contributed by atoms with Gasteiger partial charge in [0.2, 0.25) is 11.9 Å². The first-order valence-electron chi connectivity index (χ1n) is 25.3. The third-order valence-corrected chi connectivity index (χ3v) is 14.7. The molecule has 0 amide bonds. The summed E-state index contributed by atoms with van der Waals surface area (Å²) in [6, 6.07) is 20.7. The summed E-state index contributed by atoms with van der Waals surface area (Å²) in [6.07, 6.45) is 27.1. The Morgan fingerprint density at radius 3 is 1.60 bits per heavy atom. The predicted molar refractivity (Wildman–Crippen MR) is 246 cm³/mol. The first-order chi connectivity index (χ1) is 30.0. The zero-order chi connectivity index (χ0) is 43.9. The molecule has 8 nitrogen and oxygen atoms in total. The average Bonchev–Trinajstić information content (AvgIpc) is 3.83. The highest BCUT2D eigenvalue weighted by atomic mass is 16.7. The topological polar surface area (TPSA) is 88.1 Å². The van der Waals surface area contributed by atoms with Crippen molar-refractivity contribution in [2.24, 2.45) is 5.41 Å². The van der Waals surface area contributed by atoms with Crippen LogP contribution in [0.4, 0.5) is 0 Å². The average molecular weight is 857 g/mol. The number of quaternary nitrogens is 1. The van der Waals surface area contributed by atoms with Crippen LogP contribution in [0.2, 0.25) is 0 Å². The zero-order valence-corrected chi connectivity index (χ0v) is 39.2. The molecule has 2 aliphatic heterocycles. The minimum absolute atomic E-state index is 0.0721. The van der Waals surface area contributed by atoms with Gasteiger partial charge < -0.3 is 23.4 Å². The highest BCUT2D eigenvalue weighted by molar-refractivity contribution is 5.86. The van der Waals surface area contributed by atoms with Crippen molar-refractivity contribution in [3.63, 3.8) is 0 Å². The van der Waals surface area contributed by atoms with E-state index in [9.17, 15) is 14.4 Å². The van der Waals surface area contributed by atoms with Crippen LogP contribution in [-0.4, -0.2) is 65.6 Å². The number of hydrogen-bond donors (Lipinski definition) is 0. The Morgan fingerprint density at radius 2 is 1.13 bits per heavy atom. The molecule has 0 aromatic heterocycles. The normalized spacial score (nSPS) is 22.5. The molecule has 4 aliphatic rings. The van der Waals surface area contributed by atoms with E-state index in [1.165, 1.54) is 107 Å². The smallest absolute Gasteiger partial charge is 0.348 e. The van der Waals surface area contributed by atoms with E-state index in [1.807, 2.05) is 81.4 Å². The lowest BCUT2D eigenvalue weighted by atomic mass is 9.64. The molecule has 62 heavy (non-hydrogen) atoms. The van der Waals surface area contributed by atoms with Crippen LogP contribution in [0.15, 0.2) is 60.7 Å². The van der Waals surface area contributed by atoms with Gasteiger partial charge in [-0.15, -0.1) is 0 Å².